The molecule has 0 saturated heterocycles. The molecule has 0 aliphatic heterocycles. The number of halogens is 3. The van der Waals surface area contributed by atoms with Crippen molar-refractivity contribution in [3.8, 4) is 17.1 Å². The van der Waals surface area contributed by atoms with Gasteiger partial charge in [0.25, 0.3) is 5.91 Å². The number of phenolic OH excluding ortho intramolecular Hbond substituents is 1. The van der Waals surface area contributed by atoms with Crippen LogP contribution in [0.1, 0.15) is 5.56 Å². The number of aromatic hydroxyl groups is 1. The maximum Gasteiger partial charge on any atom is 0.263 e. The summed E-state index contributed by atoms with van der Waals surface area (Å²) in [4.78, 5) is 13.1. The maximum atomic E-state index is 12.0. The number of rotatable bonds is 5. The Morgan fingerprint density at radius 3 is 2.89 bits per heavy atom. The zero-order valence-corrected chi connectivity index (χ0v) is 17.4. The molecule has 0 aliphatic carbocycles. The maximum absolute atomic E-state index is 12.0. The Labute approximate surface area is 175 Å². The minimum Gasteiger partial charge on any atom is -0.506 e. The Bertz CT molecular complexity index is 1020. The van der Waals surface area contributed by atoms with Gasteiger partial charge < -0.3 is 5.11 Å². The van der Waals surface area contributed by atoms with Crippen LogP contribution < -0.4 is 5.43 Å². The van der Waals surface area contributed by atoms with Crippen molar-refractivity contribution in [3.05, 3.63) is 55.9 Å². The second kappa shape index (κ2) is 8.59. The van der Waals surface area contributed by atoms with E-state index in [-0.39, 0.29) is 12.3 Å². The summed E-state index contributed by atoms with van der Waals surface area (Å²) in [5.74, 6) is -0.123. The van der Waals surface area contributed by atoms with Crippen molar-refractivity contribution < 1.29 is 9.90 Å². The summed E-state index contributed by atoms with van der Waals surface area (Å²) in [6.07, 6.45) is 1.33. The van der Waals surface area contributed by atoms with Crippen LogP contribution in [0.2, 0.25) is 5.02 Å². The van der Waals surface area contributed by atoms with Gasteiger partial charge in [-0.25, -0.2) is 5.43 Å². The average molecular weight is 515 g/mol. The second-order valence-electron chi connectivity index (χ2n) is 5.24. The second-order valence-corrected chi connectivity index (χ2v) is 7.42. The van der Waals surface area contributed by atoms with Crippen molar-refractivity contribution in [2.24, 2.45) is 5.10 Å². The third-order valence-corrected chi connectivity index (χ3v) is 4.70. The first-order chi connectivity index (χ1) is 12.9. The largest absolute Gasteiger partial charge is 0.506 e. The van der Waals surface area contributed by atoms with E-state index in [2.05, 4.69) is 57.8 Å². The van der Waals surface area contributed by atoms with Crippen LogP contribution >= 0.6 is 43.5 Å². The molecule has 8 nitrogen and oxygen atoms in total. The summed E-state index contributed by atoms with van der Waals surface area (Å²) >= 11 is 12.6. The average Bonchev–Trinajstić information content (AvgIpc) is 3.07. The lowest BCUT2D eigenvalue weighted by Gasteiger charge is -2.03. The van der Waals surface area contributed by atoms with Crippen molar-refractivity contribution in [3.63, 3.8) is 0 Å². The first-order valence-electron chi connectivity index (χ1n) is 7.46. The molecule has 0 bridgehead atoms. The van der Waals surface area contributed by atoms with E-state index in [1.54, 1.807) is 36.4 Å². The summed E-state index contributed by atoms with van der Waals surface area (Å²) in [6, 6.07) is 10.4. The molecule has 0 fully saturated rings. The summed E-state index contributed by atoms with van der Waals surface area (Å²) in [5, 5.41) is 26.1. The van der Waals surface area contributed by atoms with E-state index >= 15 is 0 Å². The fourth-order valence-corrected chi connectivity index (χ4v) is 3.56. The zero-order chi connectivity index (χ0) is 19.4. The fraction of sp³-hybridized carbons (Fsp3) is 0.0625. The van der Waals surface area contributed by atoms with Crippen molar-refractivity contribution in [1.29, 1.82) is 0 Å². The third-order valence-electron chi connectivity index (χ3n) is 3.30. The number of aromatic nitrogens is 4. The Morgan fingerprint density at radius 1 is 1.33 bits per heavy atom. The van der Waals surface area contributed by atoms with Crippen LogP contribution in [0.25, 0.3) is 11.4 Å². The highest BCUT2D eigenvalue weighted by molar-refractivity contribution is 9.11. The number of benzene rings is 2. The van der Waals surface area contributed by atoms with Crippen LogP contribution in [0.5, 0.6) is 5.75 Å². The van der Waals surface area contributed by atoms with Gasteiger partial charge in [0.15, 0.2) is 0 Å². The number of hydrogen-bond acceptors (Lipinski definition) is 6. The van der Waals surface area contributed by atoms with E-state index in [9.17, 15) is 9.90 Å². The van der Waals surface area contributed by atoms with Gasteiger partial charge in [0.05, 0.1) is 15.7 Å². The van der Waals surface area contributed by atoms with Gasteiger partial charge in [-0.15, -0.1) is 10.2 Å². The fourth-order valence-electron chi connectivity index (χ4n) is 2.08. The molecule has 0 unspecified atom stereocenters. The van der Waals surface area contributed by atoms with Gasteiger partial charge in [-0.2, -0.15) is 9.90 Å². The molecule has 0 spiro atoms. The number of hydrogen-bond donors (Lipinski definition) is 2. The minimum atomic E-state index is -0.456. The molecule has 3 aromatic rings. The standard InChI is InChI=1S/C16H11Br2ClN6O2/c17-10-5-9(15(27)12(18)6-10)7-20-21-14(26)8-25-23-16(22-24-25)11-3-1-2-4-13(11)19/h1-7,27H,8H2,(H,21,26)/b20-7-. The Hall–Kier alpha value is -2.30. The lowest BCUT2D eigenvalue weighted by Crippen LogP contribution is -2.24. The minimum absolute atomic E-state index is 0.0125. The molecule has 0 atom stereocenters. The Kier molecular flexibility index (Phi) is 6.19. The van der Waals surface area contributed by atoms with E-state index in [0.29, 0.717) is 26.4 Å². The molecule has 0 saturated carbocycles. The van der Waals surface area contributed by atoms with Gasteiger partial charge in [0, 0.05) is 15.6 Å². The van der Waals surface area contributed by atoms with E-state index in [1.165, 1.54) is 6.21 Å². The predicted molar refractivity (Wildman–Crippen MR) is 108 cm³/mol. The van der Waals surface area contributed by atoms with Gasteiger partial charge in [0.1, 0.15) is 12.3 Å². The van der Waals surface area contributed by atoms with Crippen LogP contribution in [0.15, 0.2) is 50.4 Å². The van der Waals surface area contributed by atoms with Crippen LogP contribution in [-0.4, -0.2) is 37.4 Å². The molecule has 1 heterocycles. The lowest BCUT2D eigenvalue weighted by atomic mass is 10.2. The van der Waals surface area contributed by atoms with E-state index in [4.69, 9.17) is 11.6 Å². The van der Waals surface area contributed by atoms with Gasteiger partial charge in [0.2, 0.25) is 5.82 Å². The lowest BCUT2D eigenvalue weighted by molar-refractivity contribution is -0.122. The summed E-state index contributed by atoms with van der Waals surface area (Å²) in [6.45, 7) is -0.178. The predicted octanol–water partition coefficient (Wildman–Crippen LogP) is 3.37. The van der Waals surface area contributed by atoms with Gasteiger partial charge in [-0.05, 0) is 45.4 Å². The topological polar surface area (TPSA) is 105 Å². The van der Waals surface area contributed by atoms with E-state index in [0.717, 1.165) is 9.27 Å². The molecule has 11 heteroatoms. The Balaban J connectivity index is 1.63. The van der Waals surface area contributed by atoms with E-state index < -0.39 is 5.91 Å². The first kappa shape index (κ1) is 19.5. The smallest absolute Gasteiger partial charge is 0.263 e. The highest BCUT2D eigenvalue weighted by Crippen LogP contribution is 2.30. The molecule has 27 heavy (non-hydrogen) atoms. The van der Waals surface area contributed by atoms with Crippen molar-refractivity contribution in [2.45, 2.75) is 6.54 Å². The number of carbonyl (C=O) groups is 1. The van der Waals surface area contributed by atoms with Gasteiger partial charge in [-0.1, -0.05) is 39.7 Å². The first-order valence-corrected chi connectivity index (χ1v) is 9.43. The SMILES string of the molecule is O=C(Cn1nnc(-c2ccccc2Cl)n1)N/N=C\c1cc(Br)cc(Br)c1O. The summed E-state index contributed by atoms with van der Waals surface area (Å²) in [5.41, 5.74) is 3.39. The monoisotopic (exact) mass is 512 g/mol. The molecule has 1 amide bonds. The van der Waals surface area contributed by atoms with Gasteiger partial charge in [-0.3, -0.25) is 4.79 Å². The number of hydrazone groups is 1. The molecule has 1 aromatic heterocycles. The molecule has 138 valence electrons. The zero-order valence-electron chi connectivity index (χ0n) is 13.5. The summed E-state index contributed by atoms with van der Waals surface area (Å²) in [7, 11) is 0. The number of carbonyl (C=O) groups excluding carboxylic acids is 1. The Morgan fingerprint density at radius 2 is 2.11 bits per heavy atom. The van der Waals surface area contributed by atoms with Gasteiger partial charge >= 0.3 is 0 Å². The van der Waals surface area contributed by atoms with Crippen LogP contribution in [0.3, 0.4) is 0 Å². The van der Waals surface area contributed by atoms with Crippen molar-refractivity contribution in [1.82, 2.24) is 25.6 Å². The molecule has 0 radical (unpaired) electrons. The molecular weight excluding hydrogens is 503 g/mol. The number of phenols is 1. The van der Waals surface area contributed by atoms with Crippen molar-refractivity contribution >= 4 is 55.6 Å². The molecular formula is C16H11Br2ClN6O2. The quantitative estimate of drug-likeness (QED) is 0.401. The highest BCUT2D eigenvalue weighted by atomic mass is 79.9. The van der Waals surface area contributed by atoms with Crippen LogP contribution in [0, 0.1) is 0 Å². The molecule has 3 rings (SSSR count). The number of amides is 1. The molecule has 2 N–H and O–H groups in total. The third kappa shape index (κ3) is 4.90. The summed E-state index contributed by atoms with van der Waals surface area (Å²) < 4.78 is 1.25. The highest BCUT2D eigenvalue weighted by Gasteiger charge is 2.11. The van der Waals surface area contributed by atoms with E-state index in [1.807, 2.05) is 0 Å². The number of tetrazole rings is 1. The van der Waals surface area contributed by atoms with Crippen molar-refractivity contribution in [2.75, 3.05) is 0 Å². The van der Waals surface area contributed by atoms with Crippen LogP contribution in [0.4, 0.5) is 0 Å². The number of nitrogens with one attached hydrogen (secondary N) is 1. The number of nitrogens with zero attached hydrogens (tertiary/aromatic N) is 5. The molecule has 2 aromatic carbocycles. The van der Waals surface area contributed by atoms with Crippen LogP contribution in [-0.2, 0) is 11.3 Å². The normalized spacial score (nSPS) is 11.1. The molecule has 0 aliphatic rings.